The Morgan fingerprint density at radius 2 is 1.79 bits per heavy atom. The number of nitrogens with one attached hydrogen (secondary N) is 1. The molecule has 0 radical (unpaired) electrons. The van der Waals surface area contributed by atoms with Gasteiger partial charge in [0.05, 0.1) is 4.90 Å². The highest BCUT2D eigenvalue weighted by atomic mass is 32.2. The standard InChI is InChI=1S/C22H29N3O3S/c1-18-10-11-20(22(26)24(2)14-15-25-12-6-7-13-25)16-21(18)29(27,28)23-17-19-8-4-3-5-9-19/h3-5,8-11,16,23H,6-7,12-15,17H2,1-2H3. The molecule has 1 fully saturated rings. The second kappa shape index (κ2) is 9.52. The largest absolute Gasteiger partial charge is 0.340 e. The number of sulfonamides is 1. The van der Waals surface area contributed by atoms with Crippen LogP contribution in [0.25, 0.3) is 0 Å². The zero-order chi connectivity index (χ0) is 20.9. The van der Waals surface area contributed by atoms with E-state index in [1.165, 1.54) is 18.9 Å². The van der Waals surface area contributed by atoms with E-state index in [-0.39, 0.29) is 17.3 Å². The lowest BCUT2D eigenvalue weighted by Gasteiger charge is -2.22. The number of benzene rings is 2. The van der Waals surface area contributed by atoms with Crippen LogP contribution in [0.2, 0.25) is 0 Å². The number of hydrogen-bond donors (Lipinski definition) is 1. The molecule has 0 bridgehead atoms. The van der Waals surface area contributed by atoms with Crippen LogP contribution in [0.15, 0.2) is 53.4 Å². The summed E-state index contributed by atoms with van der Waals surface area (Å²) in [6.45, 7) is 5.59. The van der Waals surface area contributed by atoms with Crippen LogP contribution in [0, 0.1) is 6.92 Å². The molecule has 0 saturated carbocycles. The summed E-state index contributed by atoms with van der Waals surface area (Å²) in [7, 11) is -1.96. The van der Waals surface area contributed by atoms with Crippen molar-refractivity contribution in [1.29, 1.82) is 0 Å². The SMILES string of the molecule is Cc1ccc(C(=O)N(C)CCN2CCCC2)cc1S(=O)(=O)NCc1ccccc1. The van der Waals surface area contributed by atoms with Gasteiger partial charge in [0.15, 0.2) is 0 Å². The Hall–Kier alpha value is -2.22. The van der Waals surface area contributed by atoms with Crippen LogP contribution in [0.5, 0.6) is 0 Å². The fourth-order valence-electron chi connectivity index (χ4n) is 3.49. The minimum absolute atomic E-state index is 0.146. The molecule has 1 amide bonds. The van der Waals surface area contributed by atoms with E-state index in [1.807, 2.05) is 30.3 Å². The van der Waals surface area contributed by atoms with Crippen molar-refractivity contribution in [3.8, 4) is 0 Å². The topological polar surface area (TPSA) is 69.7 Å². The van der Waals surface area contributed by atoms with Crippen LogP contribution >= 0.6 is 0 Å². The van der Waals surface area contributed by atoms with Gasteiger partial charge in [0.2, 0.25) is 10.0 Å². The monoisotopic (exact) mass is 415 g/mol. The Kier molecular flexibility index (Phi) is 7.05. The van der Waals surface area contributed by atoms with Gasteiger partial charge in [-0.2, -0.15) is 0 Å². The number of likely N-dealkylation sites (tertiary alicyclic amines) is 1. The molecule has 29 heavy (non-hydrogen) atoms. The fraction of sp³-hybridized carbons (Fsp3) is 0.409. The van der Waals surface area contributed by atoms with E-state index in [0.29, 0.717) is 17.7 Å². The number of carbonyl (C=O) groups is 1. The van der Waals surface area contributed by atoms with Gasteiger partial charge in [-0.25, -0.2) is 13.1 Å². The summed E-state index contributed by atoms with van der Waals surface area (Å²) >= 11 is 0. The average Bonchev–Trinajstić information content (AvgIpc) is 3.25. The van der Waals surface area contributed by atoms with Crippen LogP contribution < -0.4 is 4.72 Å². The zero-order valence-corrected chi connectivity index (χ0v) is 17.9. The van der Waals surface area contributed by atoms with Crippen molar-refractivity contribution in [2.24, 2.45) is 0 Å². The van der Waals surface area contributed by atoms with Crippen LogP contribution in [-0.4, -0.2) is 57.4 Å². The third-order valence-electron chi connectivity index (χ3n) is 5.33. The van der Waals surface area contributed by atoms with Crippen molar-refractivity contribution in [2.75, 3.05) is 33.2 Å². The third kappa shape index (κ3) is 5.65. The molecule has 1 aliphatic rings. The molecule has 156 valence electrons. The Morgan fingerprint density at radius 1 is 1.10 bits per heavy atom. The van der Waals surface area contributed by atoms with Gasteiger partial charge in [0.1, 0.15) is 0 Å². The van der Waals surface area contributed by atoms with E-state index in [2.05, 4.69) is 9.62 Å². The van der Waals surface area contributed by atoms with Crippen molar-refractivity contribution in [2.45, 2.75) is 31.2 Å². The summed E-state index contributed by atoms with van der Waals surface area (Å²) in [6, 6.07) is 14.2. The molecule has 1 saturated heterocycles. The van der Waals surface area contributed by atoms with Crippen molar-refractivity contribution in [1.82, 2.24) is 14.5 Å². The lowest BCUT2D eigenvalue weighted by molar-refractivity contribution is 0.0782. The Morgan fingerprint density at radius 3 is 2.48 bits per heavy atom. The van der Waals surface area contributed by atoms with E-state index in [1.54, 1.807) is 31.0 Å². The number of likely N-dealkylation sites (N-methyl/N-ethyl adjacent to an activating group) is 1. The van der Waals surface area contributed by atoms with E-state index in [0.717, 1.165) is 25.2 Å². The van der Waals surface area contributed by atoms with E-state index in [9.17, 15) is 13.2 Å². The lowest BCUT2D eigenvalue weighted by atomic mass is 10.1. The number of hydrogen-bond acceptors (Lipinski definition) is 4. The van der Waals surface area contributed by atoms with Crippen LogP contribution in [0.3, 0.4) is 0 Å². The molecular weight excluding hydrogens is 386 g/mol. The maximum absolute atomic E-state index is 12.8. The van der Waals surface area contributed by atoms with Crippen molar-refractivity contribution < 1.29 is 13.2 Å². The van der Waals surface area contributed by atoms with Gasteiger partial charge >= 0.3 is 0 Å². The highest BCUT2D eigenvalue weighted by Crippen LogP contribution is 2.19. The first-order valence-electron chi connectivity index (χ1n) is 9.99. The summed E-state index contributed by atoms with van der Waals surface area (Å²) < 4.78 is 28.3. The average molecular weight is 416 g/mol. The number of rotatable bonds is 8. The van der Waals surface area contributed by atoms with E-state index >= 15 is 0 Å². The van der Waals surface area contributed by atoms with Crippen LogP contribution in [0.4, 0.5) is 0 Å². The maximum Gasteiger partial charge on any atom is 0.253 e. The number of carbonyl (C=O) groups excluding carboxylic acids is 1. The molecule has 0 aliphatic carbocycles. The predicted molar refractivity (Wildman–Crippen MR) is 114 cm³/mol. The highest BCUT2D eigenvalue weighted by molar-refractivity contribution is 7.89. The van der Waals surface area contributed by atoms with Crippen molar-refractivity contribution >= 4 is 15.9 Å². The molecule has 0 aromatic heterocycles. The van der Waals surface area contributed by atoms with Gasteiger partial charge in [-0.15, -0.1) is 0 Å². The molecule has 0 spiro atoms. The molecule has 3 rings (SSSR count). The summed E-state index contributed by atoms with van der Waals surface area (Å²) in [4.78, 5) is 17.0. The Balaban J connectivity index is 1.69. The fourth-order valence-corrected chi connectivity index (χ4v) is 4.78. The van der Waals surface area contributed by atoms with E-state index in [4.69, 9.17) is 0 Å². The Bertz CT molecular complexity index is 939. The lowest BCUT2D eigenvalue weighted by Crippen LogP contribution is -2.35. The first kappa shape index (κ1) is 21.5. The number of aryl methyl sites for hydroxylation is 1. The number of nitrogens with zero attached hydrogens (tertiary/aromatic N) is 2. The smallest absolute Gasteiger partial charge is 0.253 e. The molecule has 0 unspecified atom stereocenters. The zero-order valence-electron chi connectivity index (χ0n) is 17.1. The molecule has 2 aromatic carbocycles. The van der Waals surface area contributed by atoms with Gasteiger partial charge in [0, 0.05) is 32.2 Å². The summed E-state index contributed by atoms with van der Waals surface area (Å²) in [5.41, 5.74) is 1.88. The quantitative estimate of drug-likeness (QED) is 0.720. The molecule has 0 atom stereocenters. The Labute approximate surface area is 173 Å². The highest BCUT2D eigenvalue weighted by Gasteiger charge is 2.21. The maximum atomic E-state index is 12.8. The summed E-state index contributed by atoms with van der Waals surface area (Å²) in [5, 5.41) is 0. The van der Waals surface area contributed by atoms with Crippen molar-refractivity contribution in [3.63, 3.8) is 0 Å². The summed E-state index contributed by atoms with van der Waals surface area (Å²) in [6.07, 6.45) is 2.43. The van der Waals surface area contributed by atoms with Crippen LogP contribution in [0.1, 0.15) is 34.3 Å². The summed E-state index contributed by atoms with van der Waals surface area (Å²) in [5.74, 6) is -0.163. The number of amides is 1. The second-order valence-corrected chi connectivity index (χ2v) is 9.30. The van der Waals surface area contributed by atoms with Gasteiger partial charge in [-0.05, 0) is 56.1 Å². The molecule has 7 heteroatoms. The van der Waals surface area contributed by atoms with Gasteiger partial charge in [-0.1, -0.05) is 36.4 Å². The minimum atomic E-state index is -3.73. The molecule has 1 N–H and O–H groups in total. The minimum Gasteiger partial charge on any atom is -0.340 e. The third-order valence-corrected chi connectivity index (χ3v) is 6.87. The molecule has 6 nitrogen and oxygen atoms in total. The van der Waals surface area contributed by atoms with Crippen LogP contribution in [-0.2, 0) is 16.6 Å². The predicted octanol–water partition coefficient (Wildman–Crippen LogP) is 2.64. The second-order valence-electron chi connectivity index (χ2n) is 7.57. The van der Waals surface area contributed by atoms with Gasteiger partial charge in [0.25, 0.3) is 5.91 Å². The molecule has 1 aliphatic heterocycles. The molecular formula is C22H29N3O3S. The van der Waals surface area contributed by atoms with Gasteiger partial charge < -0.3 is 9.80 Å². The first-order chi connectivity index (χ1) is 13.9. The normalized spacial score (nSPS) is 14.8. The molecule has 2 aromatic rings. The first-order valence-corrected chi connectivity index (χ1v) is 11.5. The van der Waals surface area contributed by atoms with E-state index < -0.39 is 10.0 Å². The molecule has 1 heterocycles. The van der Waals surface area contributed by atoms with Gasteiger partial charge in [-0.3, -0.25) is 4.79 Å². The van der Waals surface area contributed by atoms with Crippen molar-refractivity contribution in [3.05, 3.63) is 65.2 Å².